The molecular formula is C15H13BrN2O. The molecule has 96 valence electrons. The lowest BCUT2D eigenvalue weighted by atomic mass is 10.2. The zero-order valence-corrected chi connectivity index (χ0v) is 12.1. The number of fused-ring (bicyclic) bond motifs is 1. The van der Waals surface area contributed by atoms with Crippen molar-refractivity contribution in [2.45, 2.75) is 13.3 Å². The molecule has 1 heterocycles. The van der Waals surface area contributed by atoms with Crippen LogP contribution in [0.4, 0.5) is 0 Å². The molecule has 0 aliphatic carbocycles. The average Bonchev–Trinajstić information content (AvgIpc) is 2.77. The van der Waals surface area contributed by atoms with Crippen molar-refractivity contribution in [3.8, 4) is 11.4 Å². The van der Waals surface area contributed by atoms with E-state index >= 15 is 0 Å². The van der Waals surface area contributed by atoms with E-state index in [0.29, 0.717) is 0 Å². The van der Waals surface area contributed by atoms with E-state index in [2.05, 4.69) is 38.5 Å². The molecule has 0 unspecified atom stereocenters. The highest BCUT2D eigenvalue weighted by molar-refractivity contribution is 9.10. The second-order valence-corrected chi connectivity index (χ2v) is 5.28. The van der Waals surface area contributed by atoms with Crippen molar-refractivity contribution in [2.24, 2.45) is 0 Å². The van der Waals surface area contributed by atoms with E-state index < -0.39 is 0 Å². The van der Waals surface area contributed by atoms with Gasteiger partial charge in [-0.3, -0.25) is 4.57 Å². The molecule has 2 aromatic carbocycles. The highest BCUT2D eigenvalue weighted by Gasteiger charge is 2.11. The van der Waals surface area contributed by atoms with Crippen LogP contribution in [0, 0.1) is 0 Å². The predicted molar refractivity (Wildman–Crippen MR) is 79.8 cm³/mol. The smallest absolute Gasteiger partial charge is 0.115 e. The van der Waals surface area contributed by atoms with E-state index in [1.807, 2.05) is 24.3 Å². The summed E-state index contributed by atoms with van der Waals surface area (Å²) in [5.74, 6) is 1.28. The van der Waals surface area contributed by atoms with Gasteiger partial charge in [0.2, 0.25) is 0 Å². The molecule has 1 N–H and O–H groups in total. The van der Waals surface area contributed by atoms with Gasteiger partial charge < -0.3 is 5.11 Å². The van der Waals surface area contributed by atoms with E-state index in [-0.39, 0.29) is 5.75 Å². The van der Waals surface area contributed by atoms with Crippen molar-refractivity contribution in [1.82, 2.24) is 9.55 Å². The summed E-state index contributed by atoms with van der Waals surface area (Å²) in [5, 5.41) is 9.40. The fraction of sp³-hybridized carbons (Fsp3) is 0.133. The lowest BCUT2D eigenvalue weighted by Gasteiger charge is -2.08. The van der Waals surface area contributed by atoms with Crippen LogP contribution in [0.3, 0.4) is 0 Å². The van der Waals surface area contributed by atoms with Crippen LogP contribution >= 0.6 is 15.9 Å². The third kappa shape index (κ3) is 2.12. The van der Waals surface area contributed by atoms with Gasteiger partial charge in [-0.25, -0.2) is 4.98 Å². The maximum Gasteiger partial charge on any atom is 0.115 e. The van der Waals surface area contributed by atoms with Crippen LogP contribution < -0.4 is 0 Å². The van der Waals surface area contributed by atoms with Gasteiger partial charge in [0.25, 0.3) is 0 Å². The minimum Gasteiger partial charge on any atom is -0.508 e. The van der Waals surface area contributed by atoms with Crippen LogP contribution in [0.2, 0.25) is 0 Å². The number of phenols is 1. The summed E-state index contributed by atoms with van der Waals surface area (Å²) in [5.41, 5.74) is 3.06. The van der Waals surface area contributed by atoms with Crippen LogP contribution in [-0.4, -0.2) is 14.7 Å². The molecular weight excluding hydrogens is 304 g/mol. The number of phenolic OH excluding ortho intramolecular Hbond substituents is 1. The monoisotopic (exact) mass is 316 g/mol. The first-order valence-corrected chi connectivity index (χ1v) is 6.94. The minimum atomic E-state index is 0.272. The summed E-state index contributed by atoms with van der Waals surface area (Å²) in [6, 6.07) is 13.3. The Hall–Kier alpha value is -1.81. The molecule has 4 heteroatoms. The molecule has 0 spiro atoms. The number of aromatic nitrogens is 2. The molecule has 0 saturated heterocycles. The van der Waals surface area contributed by atoms with Gasteiger partial charge in [0, 0.05) is 16.6 Å². The molecule has 0 saturated carbocycles. The highest BCUT2D eigenvalue weighted by atomic mass is 79.9. The molecule has 0 atom stereocenters. The summed E-state index contributed by atoms with van der Waals surface area (Å²) < 4.78 is 3.15. The third-order valence-corrected chi connectivity index (χ3v) is 3.60. The molecule has 19 heavy (non-hydrogen) atoms. The average molecular weight is 317 g/mol. The summed E-state index contributed by atoms with van der Waals surface area (Å²) in [7, 11) is 0. The van der Waals surface area contributed by atoms with E-state index in [1.54, 1.807) is 12.1 Å². The molecule has 0 bridgehead atoms. The number of nitrogens with zero attached hydrogens (tertiary/aromatic N) is 2. The molecule has 3 aromatic rings. The SMILES string of the molecule is CCc1nc2cc(Br)ccc2n1-c1ccc(O)cc1. The molecule has 3 rings (SSSR count). The second kappa shape index (κ2) is 4.70. The van der Waals surface area contributed by atoms with Gasteiger partial charge in [-0.2, -0.15) is 0 Å². The van der Waals surface area contributed by atoms with Crippen LogP contribution in [0.5, 0.6) is 5.75 Å². The summed E-state index contributed by atoms with van der Waals surface area (Å²) in [4.78, 5) is 4.66. The Morgan fingerprint density at radius 2 is 1.89 bits per heavy atom. The fourth-order valence-electron chi connectivity index (χ4n) is 2.23. The fourth-order valence-corrected chi connectivity index (χ4v) is 2.58. The van der Waals surface area contributed by atoms with Gasteiger partial charge in [0.15, 0.2) is 0 Å². The number of aryl methyl sites for hydroxylation is 1. The number of aromatic hydroxyl groups is 1. The van der Waals surface area contributed by atoms with Crippen LogP contribution in [0.25, 0.3) is 16.7 Å². The number of imidazole rings is 1. The van der Waals surface area contributed by atoms with Crippen molar-refractivity contribution >= 4 is 27.0 Å². The lowest BCUT2D eigenvalue weighted by Crippen LogP contribution is -1.99. The Bertz CT molecular complexity index is 732. The summed E-state index contributed by atoms with van der Waals surface area (Å²) in [6.45, 7) is 2.09. The zero-order valence-electron chi connectivity index (χ0n) is 10.5. The zero-order chi connectivity index (χ0) is 13.4. The first kappa shape index (κ1) is 12.2. The Morgan fingerprint density at radius 3 is 2.58 bits per heavy atom. The Labute approximate surface area is 119 Å². The van der Waals surface area contributed by atoms with Crippen LogP contribution in [0.15, 0.2) is 46.9 Å². The van der Waals surface area contributed by atoms with Gasteiger partial charge in [-0.1, -0.05) is 22.9 Å². The van der Waals surface area contributed by atoms with Crippen molar-refractivity contribution in [1.29, 1.82) is 0 Å². The minimum absolute atomic E-state index is 0.272. The maximum atomic E-state index is 9.40. The van der Waals surface area contributed by atoms with E-state index in [0.717, 1.165) is 33.4 Å². The first-order valence-electron chi connectivity index (χ1n) is 6.15. The Morgan fingerprint density at radius 1 is 1.16 bits per heavy atom. The first-order chi connectivity index (χ1) is 9.19. The van der Waals surface area contributed by atoms with Gasteiger partial charge in [-0.05, 0) is 42.5 Å². The van der Waals surface area contributed by atoms with Crippen LogP contribution in [-0.2, 0) is 6.42 Å². The van der Waals surface area contributed by atoms with Crippen molar-refractivity contribution in [3.63, 3.8) is 0 Å². The maximum absolute atomic E-state index is 9.40. The van der Waals surface area contributed by atoms with E-state index in [1.165, 1.54) is 0 Å². The van der Waals surface area contributed by atoms with Crippen molar-refractivity contribution in [2.75, 3.05) is 0 Å². The normalized spacial score (nSPS) is 11.1. The standard InChI is InChI=1S/C15H13BrN2O/c1-2-15-17-13-9-10(16)3-8-14(13)18(15)11-4-6-12(19)7-5-11/h3-9,19H,2H2,1H3. The van der Waals surface area contributed by atoms with Crippen molar-refractivity contribution in [3.05, 3.63) is 52.8 Å². The van der Waals surface area contributed by atoms with Gasteiger partial charge >= 0.3 is 0 Å². The molecule has 0 amide bonds. The van der Waals surface area contributed by atoms with E-state index in [4.69, 9.17) is 0 Å². The summed E-state index contributed by atoms with van der Waals surface area (Å²) in [6.07, 6.45) is 0.854. The highest BCUT2D eigenvalue weighted by Crippen LogP contribution is 2.25. The number of hydrogen-bond acceptors (Lipinski definition) is 2. The second-order valence-electron chi connectivity index (χ2n) is 4.37. The molecule has 3 nitrogen and oxygen atoms in total. The molecule has 0 aliphatic rings. The number of benzene rings is 2. The lowest BCUT2D eigenvalue weighted by molar-refractivity contribution is 0.475. The quantitative estimate of drug-likeness (QED) is 0.774. The topological polar surface area (TPSA) is 38.0 Å². The number of hydrogen-bond donors (Lipinski definition) is 1. The van der Waals surface area contributed by atoms with Gasteiger partial charge in [-0.15, -0.1) is 0 Å². The Balaban J connectivity index is 2.29. The van der Waals surface area contributed by atoms with Gasteiger partial charge in [0.1, 0.15) is 11.6 Å². The van der Waals surface area contributed by atoms with Crippen LogP contribution in [0.1, 0.15) is 12.7 Å². The number of halogens is 1. The number of rotatable bonds is 2. The molecule has 0 aliphatic heterocycles. The van der Waals surface area contributed by atoms with E-state index in [9.17, 15) is 5.11 Å². The van der Waals surface area contributed by atoms with Crippen molar-refractivity contribution < 1.29 is 5.11 Å². The summed E-state index contributed by atoms with van der Waals surface area (Å²) >= 11 is 3.47. The largest absolute Gasteiger partial charge is 0.508 e. The van der Waals surface area contributed by atoms with Gasteiger partial charge in [0.05, 0.1) is 11.0 Å². The third-order valence-electron chi connectivity index (χ3n) is 3.11. The predicted octanol–water partition coefficient (Wildman–Crippen LogP) is 4.06. The molecule has 0 radical (unpaired) electrons. The Kier molecular flexibility index (Phi) is 3.03. The molecule has 1 aromatic heterocycles. The molecule has 0 fully saturated rings.